The van der Waals surface area contributed by atoms with E-state index in [1.165, 1.54) is 17.2 Å². The third kappa shape index (κ3) is 3.19. The van der Waals surface area contributed by atoms with Crippen LogP contribution in [0.4, 0.5) is 4.39 Å². The molecule has 1 heterocycles. The van der Waals surface area contributed by atoms with E-state index in [1.54, 1.807) is 6.07 Å². The van der Waals surface area contributed by atoms with Crippen LogP contribution < -0.4 is 5.32 Å². The van der Waals surface area contributed by atoms with Gasteiger partial charge in [0.25, 0.3) is 0 Å². The van der Waals surface area contributed by atoms with Crippen molar-refractivity contribution in [2.24, 2.45) is 0 Å². The minimum absolute atomic E-state index is 0.149. The molecule has 2 unspecified atom stereocenters. The third-order valence-electron chi connectivity index (χ3n) is 4.37. The van der Waals surface area contributed by atoms with E-state index in [0.717, 1.165) is 29.5 Å². The number of hydrogen-bond donors (Lipinski definition) is 1. The number of piperidine rings is 1. The predicted octanol–water partition coefficient (Wildman–Crippen LogP) is 4.76. The summed E-state index contributed by atoms with van der Waals surface area (Å²) in [6, 6.07) is 13.6. The van der Waals surface area contributed by atoms with Crippen molar-refractivity contribution < 1.29 is 4.39 Å². The van der Waals surface area contributed by atoms with E-state index in [9.17, 15) is 4.39 Å². The standard InChI is InChI=1S/C18H19BrFN/c1-12-9-14(5-6-18(12)19)16-7-8-21-11-17(16)13-3-2-4-15(20)10-13/h2-6,9-10,16-17,21H,7-8,11H2,1H3. The highest BCUT2D eigenvalue weighted by molar-refractivity contribution is 9.10. The molecule has 0 radical (unpaired) electrons. The Morgan fingerprint density at radius 3 is 2.67 bits per heavy atom. The summed E-state index contributed by atoms with van der Waals surface area (Å²) >= 11 is 3.56. The van der Waals surface area contributed by atoms with Gasteiger partial charge >= 0.3 is 0 Å². The number of halogens is 2. The van der Waals surface area contributed by atoms with Crippen LogP contribution >= 0.6 is 15.9 Å². The summed E-state index contributed by atoms with van der Waals surface area (Å²) in [7, 11) is 0. The first-order valence-electron chi connectivity index (χ1n) is 7.37. The molecule has 110 valence electrons. The molecule has 1 aliphatic heterocycles. The maximum absolute atomic E-state index is 13.5. The molecule has 21 heavy (non-hydrogen) atoms. The van der Waals surface area contributed by atoms with Gasteiger partial charge in [-0.05, 0) is 60.7 Å². The van der Waals surface area contributed by atoms with Gasteiger partial charge in [-0.3, -0.25) is 0 Å². The zero-order valence-electron chi connectivity index (χ0n) is 12.1. The lowest BCUT2D eigenvalue weighted by Gasteiger charge is -2.33. The summed E-state index contributed by atoms with van der Waals surface area (Å²) in [6.07, 6.45) is 1.09. The fourth-order valence-electron chi connectivity index (χ4n) is 3.24. The minimum atomic E-state index is -0.149. The van der Waals surface area contributed by atoms with Crippen LogP contribution in [0.5, 0.6) is 0 Å². The van der Waals surface area contributed by atoms with Crippen LogP contribution in [0, 0.1) is 12.7 Å². The van der Waals surface area contributed by atoms with E-state index in [1.807, 2.05) is 12.1 Å². The highest BCUT2D eigenvalue weighted by Gasteiger charge is 2.28. The molecule has 1 saturated heterocycles. The number of benzene rings is 2. The minimum Gasteiger partial charge on any atom is -0.316 e. The predicted molar refractivity (Wildman–Crippen MR) is 88.2 cm³/mol. The number of aryl methyl sites for hydroxylation is 1. The zero-order chi connectivity index (χ0) is 14.8. The fourth-order valence-corrected chi connectivity index (χ4v) is 3.49. The molecule has 0 bridgehead atoms. The third-order valence-corrected chi connectivity index (χ3v) is 5.26. The Bertz CT molecular complexity index is 641. The van der Waals surface area contributed by atoms with E-state index in [4.69, 9.17) is 0 Å². The van der Waals surface area contributed by atoms with Crippen LogP contribution in [-0.2, 0) is 0 Å². The van der Waals surface area contributed by atoms with Crippen molar-refractivity contribution in [3.05, 3.63) is 69.4 Å². The van der Waals surface area contributed by atoms with Gasteiger partial charge in [0.1, 0.15) is 5.82 Å². The van der Waals surface area contributed by atoms with Crippen molar-refractivity contribution in [2.75, 3.05) is 13.1 Å². The lowest BCUT2D eigenvalue weighted by molar-refractivity contribution is 0.403. The topological polar surface area (TPSA) is 12.0 Å². The molecular formula is C18H19BrFN. The summed E-state index contributed by atoms with van der Waals surface area (Å²) < 4.78 is 14.7. The van der Waals surface area contributed by atoms with Crippen molar-refractivity contribution in [1.29, 1.82) is 0 Å². The van der Waals surface area contributed by atoms with Crippen LogP contribution in [-0.4, -0.2) is 13.1 Å². The van der Waals surface area contributed by atoms with Crippen LogP contribution in [0.25, 0.3) is 0 Å². The maximum Gasteiger partial charge on any atom is 0.123 e. The van der Waals surface area contributed by atoms with Crippen molar-refractivity contribution in [3.8, 4) is 0 Å². The van der Waals surface area contributed by atoms with Crippen LogP contribution in [0.2, 0.25) is 0 Å². The van der Waals surface area contributed by atoms with Gasteiger partial charge in [-0.1, -0.05) is 40.2 Å². The molecule has 0 aromatic heterocycles. The Labute approximate surface area is 133 Å². The molecule has 0 saturated carbocycles. The van der Waals surface area contributed by atoms with E-state index >= 15 is 0 Å². The first-order chi connectivity index (χ1) is 10.1. The highest BCUT2D eigenvalue weighted by atomic mass is 79.9. The van der Waals surface area contributed by atoms with E-state index in [0.29, 0.717) is 11.8 Å². The van der Waals surface area contributed by atoms with Gasteiger partial charge < -0.3 is 5.32 Å². The van der Waals surface area contributed by atoms with Gasteiger partial charge in [0.15, 0.2) is 0 Å². The maximum atomic E-state index is 13.5. The van der Waals surface area contributed by atoms with E-state index < -0.39 is 0 Å². The van der Waals surface area contributed by atoms with Gasteiger partial charge in [-0.2, -0.15) is 0 Å². The fraction of sp³-hybridized carbons (Fsp3) is 0.333. The number of nitrogens with one attached hydrogen (secondary N) is 1. The van der Waals surface area contributed by atoms with Crippen molar-refractivity contribution in [1.82, 2.24) is 5.32 Å². The highest BCUT2D eigenvalue weighted by Crippen LogP contribution is 2.38. The van der Waals surface area contributed by atoms with Gasteiger partial charge in [0.05, 0.1) is 0 Å². The molecule has 1 nitrogen and oxygen atoms in total. The number of rotatable bonds is 2. The van der Waals surface area contributed by atoms with Crippen LogP contribution in [0.3, 0.4) is 0 Å². The number of hydrogen-bond acceptors (Lipinski definition) is 1. The normalized spacial score (nSPS) is 22.2. The molecule has 3 rings (SSSR count). The summed E-state index contributed by atoms with van der Waals surface area (Å²) in [6.45, 7) is 4.04. The van der Waals surface area contributed by atoms with Gasteiger partial charge in [0, 0.05) is 16.9 Å². The summed E-state index contributed by atoms with van der Waals surface area (Å²) in [5.74, 6) is 0.624. The second-order valence-corrected chi connectivity index (χ2v) is 6.62. The second-order valence-electron chi connectivity index (χ2n) is 5.77. The Balaban J connectivity index is 1.96. The monoisotopic (exact) mass is 347 g/mol. The van der Waals surface area contributed by atoms with E-state index in [-0.39, 0.29) is 5.82 Å². The zero-order valence-corrected chi connectivity index (χ0v) is 13.7. The first-order valence-corrected chi connectivity index (χ1v) is 8.16. The van der Waals surface area contributed by atoms with Gasteiger partial charge in [-0.25, -0.2) is 4.39 Å². The molecule has 0 spiro atoms. The SMILES string of the molecule is Cc1cc(C2CCNCC2c2cccc(F)c2)ccc1Br. The van der Waals surface area contributed by atoms with Crippen LogP contribution in [0.15, 0.2) is 46.9 Å². The quantitative estimate of drug-likeness (QED) is 0.825. The molecule has 0 aliphatic carbocycles. The summed E-state index contributed by atoms with van der Waals surface area (Å²) in [5, 5.41) is 3.45. The molecule has 1 aliphatic rings. The lowest BCUT2D eigenvalue weighted by atomic mass is 9.77. The molecule has 2 aromatic carbocycles. The Kier molecular flexibility index (Phi) is 4.41. The smallest absolute Gasteiger partial charge is 0.123 e. The van der Waals surface area contributed by atoms with Gasteiger partial charge in [-0.15, -0.1) is 0 Å². The average molecular weight is 348 g/mol. The van der Waals surface area contributed by atoms with Gasteiger partial charge in [0.2, 0.25) is 0 Å². The molecule has 0 amide bonds. The Morgan fingerprint density at radius 2 is 1.90 bits per heavy atom. The summed E-state index contributed by atoms with van der Waals surface area (Å²) in [5.41, 5.74) is 3.70. The average Bonchev–Trinajstić information content (AvgIpc) is 2.50. The van der Waals surface area contributed by atoms with Crippen molar-refractivity contribution in [2.45, 2.75) is 25.2 Å². The molecule has 2 aromatic rings. The molecule has 3 heteroatoms. The van der Waals surface area contributed by atoms with Crippen molar-refractivity contribution >= 4 is 15.9 Å². The largest absolute Gasteiger partial charge is 0.316 e. The summed E-state index contributed by atoms with van der Waals surface area (Å²) in [4.78, 5) is 0. The van der Waals surface area contributed by atoms with Crippen molar-refractivity contribution in [3.63, 3.8) is 0 Å². The molecular weight excluding hydrogens is 329 g/mol. The first kappa shape index (κ1) is 14.7. The Morgan fingerprint density at radius 1 is 1.10 bits per heavy atom. The Hall–Kier alpha value is -1.19. The molecule has 1 N–H and O–H groups in total. The van der Waals surface area contributed by atoms with E-state index in [2.05, 4.69) is 46.4 Å². The lowest BCUT2D eigenvalue weighted by Crippen LogP contribution is -2.34. The van der Waals surface area contributed by atoms with Crippen LogP contribution in [0.1, 0.15) is 34.9 Å². The second kappa shape index (κ2) is 6.29. The molecule has 2 atom stereocenters. The molecule has 1 fully saturated rings.